The van der Waals surface area contributed by atoms with E-state index in [1.807, 2.05) is 30.5 Å². The van der Waals surface area contributed by atoms with Gasteiger partial charge in [0.2, 0.25) is 0 Å². The van der Waals surface area contributed by atoms with Crippen LogP contribution in [0, 0.1) is 5.92 Å². The molecule has 2 atom stereocenters. The quantitative estimate of drug-likeness (QED) is 0.503. The van der Waals surface area contributed by atoms with Gasteiger partial charge in [0, 0.05) is 48.9 Å². The summed E-state index contributed by atoms with van der Waals surface area (Å²) in [5.41, 5.74) is 11.0. The predicted octanol–water partition coefficient (Wildman–Crippen LogP) is 4.09. The van der Waals surface area contributed by atoms with E-state index in [-0.39, 0.29) is 24.0 Å². The van der Waals surface area contributed by atoms with Crippen LogP contribution in [0.25, 0.3) is 33.6 Å². The Balaban J connectivity index is 1.29. The number of amides is 1. The molecule has 3 aliphatic rings. The molecular weight excluding hydrogens is 424 g/mol. The Morgan fingerprint density at radius 3 is 2.65 bits per heavy atom. The average molecular weight is 455 g/mol. The Morgan fingerprint density at radius 2 is 1.88 bits per heavy atom. The molecule has 1 saturated carbocycles. The average Bonchev–Trinajstić information content (AvgIpc) is 3.42. The van der Waals surface area contributed by atoms with Gasteiger partial charge in [0.15, 0.2) is 5.82 Å². The molecule has 1 amide bonds. The third-order valence-corrected chi connectivity index (χ3v) is 8.15. The molecule has 4 aromatic rings. The lowest BCUT2D eigenvalue weighted by atomic mass is 9.97. The van der Waals surface area contributed by atoms with Gasteiger partial charge in [-0.25, -0.2) is 9.97 Å². The van der Waals surface area contributed by atoms with Crippen LogP contribution < -0.4 is 5.73 Å². The number of aryl methyl sites for hydroxylation is 1. The van der Waals surface area contributed by atoms with Crippen LogP contribution in [0.2, 0.25) is 0 Å². The molecule has 1 aromatic carbocycles. The van der Waals surface area contributed by atoms with Crippen LogP contribution in [0.1, 0.15) is 48.9 Å². The SMILES string of the molecule is Cn1c(-c2cc3cccnc3n2CC2CC2)nc2cc(C(=O)N3C4CCC3CC(N)C4)ccc21. The smallest absolute Gasteiger partial charge is 0.254 e. The van der Waals surface area contributed by atoms with Gasteiger partial charge in [-0.15, -0.1) is 0 Å². The van der Waals surface area contributed by atoms with Gasteiger partial charge in [-0.05, 0) is 80.8 Å². The Labute approximate surface area is 198 Å². The first-order valence-corrected chi connectivity index (χ1v) is 12.6. The zero-order chi connectivity index (χ0) is 23.0. The van der Waals surface area contributed by atoms with E-state index in [4.69, 9.17) is 10.7 Å². The summed E-state index contributed by atoms with van der Waals surface area (Å²) in [7, 11) is 2.06. The number of carbonyl (C=O) groups is 1. The lowest BCUT2D eigenvalue weighted by Gasteiger charge is -2.37. The molecule has 34 heavy (non-hydrogen) atoms. The molecule has 2 unspecified atom stereocenters. The fourth-order valence-electron chi connectivity index (χ4n) is 6.28. The topological polar surface area (TPSA) is 82.0 Å². The van der Waals surface area contributed by atoms with Gasteiger partial charge in [-0.2, -0.15) is 0 Å². The highest BCUT2D eigenvalue weighted by atomic mass is 16.2. The van der Waals surface area contributed by atoms with Gasteiger partial charge in [0.05, 0.1) is 16.7 Å². The number of nitrogens with two attached hydrogens (primary N) is 1. The monoisotopic (exact) mass is 454 g/mol. The summed E-state index contributed by atoms with van der Waals surface area (Å²) in [5, 5.41) is 1.14. The van der Waals surface area contributed by atoms with Crippen LogP contribution in [-0.4, -0.2) is 48.0 Å². The second-order valence-corrected chi connectivity index (χ2v) is 10.5. The van der Waals surface area contributed by atoms with Gasteiger partial charge in [-0.1, -0.05) is 0 Å². The zero-order valence-electron chi connectivity index (χ0n) is 19.5. The minimum absolute atomic E-state index is 0.126. The van der Waals surface area contributed by atoms with Crippen LogP contribution in [0.4, 0.5) is 0 Å². The number of hydrogen-bond donors (Lipinski definition) is 1. The molecule has 2 saturated heterocycles. The lowest BCUT2D eigenvalue weighted by molar-refractivity contribution is 0.0575. The molecule has 7 rings (SSSR count). The van der Waals surface area contributed by atoms with E-state index >= 15 is 0 Å². The highest BCUT2D eigenvalue weighted by molar-refractivity contribution is 5.98. The van der Waals surface area contributed by atoms with E-state index < -0.39 is 0 Å². The highest BCUT2D eigenvalue weighted by Crippen LogP contribution is 2.38. The first-order chi connectivity index (χ1) is 16.6. The number of nitrogens with zero attached hydrogens (tertiary/aromatic N) is 5. The molecule has 3 aromatic heterocycles. The van der Waals surface area contributed by atoms with Crippen molar-refractivity contribution in [2.75, 3.05) is 0 Å². The fourth-order valence-corrected chi connectivity index (χ4v) is 6.28. The molecule has 7 nitrogen and oxygen atoms in total. The van der Waals surface area contributed by atoms with E-state index in [9.17, 15) is 4.79 Å². The fraction of sp³-hybridized carbons (Fsp3) is 0.444. The van der Waals surface area contributed by atoms with Gasteiger partial charge >= 0.3 is 0 Å². The Hall–Kier alpha value is -3.19. The van der Waals surface area contributed by atoms with E-state index in [0.717, 1.165) is 77.3 Å². The standard InChI is InChI=1S/C27H30N6O/c1-31-23-9-6-18(27(34)33-20-7-8-21(33)14-19(28)13-20)11-22(23)30-26(31)24-12-17-3-2-10-29-25(17)32(24)15-16-4-5-16/h2-3,6,9-12,16,19-21H,4-5,7-8,13-15,28H2,1H3. The number of benzene rings is 1. The summed E-state index contributed by atoms with van der Waals surface area (Å²) in [5.74, 6) is 1.77. The molecule has 2 aliphatic heterocycles. The maximum absolute atomic E-state index is 13.5. The van der Waals surface area contributed by atoms with Crippen molar-refractivity contribution in [2.45, 2.75) is 63.2 Å². The molecule has 2 N–H and O–H groups in total. The molecule has 174 valence electrons. The third kappa shape index (κ3) is 3.10. The molecule has 5 heterocycles. The van der Waals surface area contributed by atoms with Crippen LogP contribution in [-0.2, 0) is 13.6 Å². The van der Waals surface area contributed by atoms with E-state index in [2.05, 4.69) is 38.2 Å². The molecule has 2 bridgehead atoms. The van der Waals surface area contributed by atoms with Gasteiger partial charge in [-0.3, -0.25) is 4.79 Å². The summed E-state index contributed by atoms with van der Waals surface area (Å²) in [4.78, 5) is 25.3. The minimum Gasteiger partial charge on any atom is -0.333 e. The van der Waals surface area contributed by atoms with Crippen molar-refractivity contribution in [3.8, 4) is 11.5 Å². The van der Waals surface area contributed by atoms with Crippen molar-refractivity contribution >= 4 is 28.0 Å². The van der Waals surface area contributed by atoms with Crippen LogP contribution in [0.15, 0.2) is 42.6 Å². The first kappa shape index (κ1) is 20.2. The number of carbonyl (C=O) groups excluding carboxylic acids is 1. The maximum Gasteiger partial charge on any atom is 0.254 e. The Bertz CT molecular complexity index is 1420. The van der Waals surface area contributed by atoms with Crippen molar-refractivity contribution in [3.05, 3.63) is 48.2 Å². The van der Waals surface area contributed by atoms with Crippen molar-refractivity contribution in [1.82, 2.24) is 24.0 Å². The van der Waals surface area contributed by atoms with E-state index in [1.54, 1.807) is 0 Å². The molecule has 0 radical (unpaired) electrons. The Kier molecular flexibility index (Phi) is 4.40. The number of piperidine rings is 1. The lowest BCUT2D eigenvalue weighted by Crippen LogP contribution is -2.50. The molecule has 0 spiro atoms. The number of fused-ring (bicyclic) bond motifs is 4. The summed E-state index contributed by atoms with van der Waals surface area (Å²) >= 11 is 0. The second-order valence-electron chi connectivity index (χ2n) is 10.5. The second kappa shape index (κ2) is 7.40. The van der Waals surface area contributed by atoms with E-state index in [1.165, 1.54) is 12.8 Å². The number of aromatic nitrogens is 4. The number of hydrogen-bond acceptors (Lipinski definition) is 4. The van der Waals surface area contributed by atoms with Gasteiger partial charge in [0.25, 0.3) is 5.91 Å². The zero-order valence-corrected chi connectivity index (χ0v) is 19.5. The maximum atomic E-state index is 13.5. The van der Waals surface area contributed by atoms with E-state index in [0.29, 0.717) is 0 Å². The molecule has 3 fully saturated rings. The van der Waals surface area contributed by atoms with Crippen molar-refractivity contribution < 1.29 is 4.79 Å². The molecule has 1 aliphatic carbocycles. The normalized spacial score (nSPS) is 24.4. The molecular formula is C27H30N6O. The number of imidazole rings is 1. The summed E-state index contributed by atoms with van der Waals surface area (Å²) < 4.78 is 4.47. The summed E-state index contributed by atoms with van der Waals surface area (Å²) in [6, 6.07) is 13.1. The van der Waals surface area contributed by atoms with Crippen LogP contribution >= 0.6 is 0 Å². The van der Waals surface area contributed by atoms with Crippen molar-refractivity contribution in [3.63, 3.8) is 0 Å². The van der Waals surface area contributed by atoms with Gasteiger partial charge < -0.3 is 19.8 Å². The van der Waals surface area contributed by atoms with Gasteiger partial charge in [0.1, 0.15) is 5.65 Å². The number of rotatable bonds is 4. The predicted molar refractivity (Wildman–Crippen MR) is 132 cm³/mol. The third-order valence-electron chi connectivity index (χ3n) is 8.15. The van der Waals surface area contributed by atoms with Crippen LogP contribution in [0.3, 0.4) is 0 Å². The summed E-state index contributed by atoms with van der Waals surface area (Å²) in [6.45, 7) is 0.975. The van der Waals surface area contributed by atoms with Crippen molar-refractivity contribution in [1.29, 1.82) is 0 Å². The molecule has 7 heteroatoms. The summed E-state index contributed by atoms with van der Waals surface area (Å²) in [6.07, 6.45) is 8.39. The van der Waals surface area contributed by atoms with Crippen molar-refractivity contribution in [2.24, 2.45) is 18.7 Å². The highest BCUT2D eigenvalue weighted by Gasteiger charge is 2.42. The van der Waals surface area contributed by atoms with Crippen LogP contribution in [0.5, 0.6) is 0 Å². The minimum atomic E-state index is 0.126. The first-order valence-electron chi connectivity index (χ1n) is 12.6. The Morgan fingerprint density at radius 1 is 1.09 bits per heavy atom. The number of pyridine rings is 1. The largest absolute Gasteiger partial charge is 0.333 e.